The Balaban J connectivity index is 1.44. The lowest BCUT2D eigenvalue weighted by molar-refractivity contribution is -0.143. The van der Waals surface area contributed by atoms with Gasteiger partial charge in [-0.25, -0.2) is 4.98 Å². The Kier molecular flexibility index (Phi) is 7.32. The predicted molar refractivity (Wildman–Crippen MR) is 148 cm³/mol. The number of anilines is 2. The molecule has 0 unspecified atom stereocenters. The first-order valence-electron chi connectivity index (χ1n) is 14.3. The molecule has 43 heavy (non-hydrogen) atoms. The highest BCUT2D eigenvalue weighted by atomic mass is 19.4. The van der Waals surface area contributed by atoms with Gasteiger partial charge in [0, 0.05) is 50.2 Å². The summed E-state index contributed by atoms with van der Waals surface area (Å²) in [6.45, 7) is 5.08. The van der Waals surface area contributed by atoms with Gasteiger partial charge in [-0.1, -0.05) is 5.16 Å². The number of aryl methyl sites for hydroxylation is 3. The van der Waals surface area contributed by atoms with E-state index in [9.17, 15) is 26.3 Å². The molecule has 3 heterocycles. The van der Waals surface area contributed by atoms with Crippen molar-refractivity contribution in [3.05, 3.63) is 64.0 Å². The van der Waals surface area contributed by atoms with Crippen molar-refractivity contribution in [2.75, 3.05) is 22.9 Å². The van der Waals surface area contributed by atoms with Crippen LogP contribution in [0.3, 0.4) is 0 Å². The second-order valence-electron chi connectivity index (χ2n) is 11.9. The molecule has 2 fully saturated rings. The zero-order valence-corrected chi connectivity index (χ0v) is 24.1. The van der Waals surface area contributed by atoms with Gasteiger partial charge < -0.3 is 14.3 Å². The highest BCUT2D eigenvalue weighted by Crippen LogP contribution is 2.39. The Labute approximate surface area is 244 Å². The zero-order valence-electron chi connectivity index (χ0n) is 24.1. The average molecular weight is 607 g/mol. The number of hydrogen-bond donors (Lipinski definition) is 0. The standard InChI is InChI=1S/C30H32F6N6O/c1-17-8-26(39-43-17)41(15-21-9-23(29(31,32)33)12-24(10-21)30(34,35)36)16-22-11-25-18(2)38-40(3)28(25)37-27(22)42(13-19-4-5-19)14-20-6-7-20/h8-12,19-20H,4-7,13-16H2,1-3H3. The molecule has 0 aliphatic heterocycles. The third-order valence-electron chi connectivity index (χ3n) is 8.03. The molecule has 0 N–H and O–H groups in total. The topological polar surface area (TPSA) is 63.2 Å². The van der Waals surface area contributed by atoms with Crippen molar-refractivity contribution < 1.29 is 30.9 Å². The van der Waals surface area contributed by atoms with E-state index in [1.807, 2.05) is 20.0 Å². The van der Waals surface area contributed by atoms with Crippen molar-refractivity contribution in [1.29, 1.82) is 0 Å². The van der Waals surface area contributed by atoms with E-state index in [0.717, 1.165) is 73.4 Å². The number of pyridine rings is 1. The summed E-state index contributed by atoms with van der Waals surface area (Å²) in [5.74, 6) is 2.64. The van der Waals surface area contributed by atoms with E-state index < -0.39 is 23.5 Å². The van der Waals surface area contributed by atoms with Gasteiger partial charge in [0.15, 0.2) is 11.5 Å². The van der Waals surface area contributed by atoms with Crippen LogP contribution in [0.5, 0.6) is 0 Å². The predicted octanol–water partition coefficient (Wildman–Crippen LogP) is 7.44. The largest absolute Gasteiger partial charge is 0.416 e. The number of rotatable bonds is 10. The number of benzene rings is 1. The summed E-state index contributed by atoms with van der Waals surface area (Å²) >= 11 is 0. The molecular weight excluding hydrogens is 574 g/mol. The van der Waals surface area contributed by atoms with Crippen LogP contribution in [0.25, 0.3) is 11.0 Å². The van der Waals surface area contributed by atoms with Crippen LogP contribution in [-0.4, -0.2) is 33.0 Å². The number of alkyl halides is 6. The van der Waals surface area contributed by atoms with Crippen LogP contribution in [0.2, 0.25) is 0 Å². The smallest absolute Gasteiger partial charge is 0.360 e. The van der Waals surface area contributed by atoms with Crippen LogP contribution in [0.1, 0.15) is 59.4 Å². The fourth-order valence-electron chi connectivity index (χ4n) is 5.49. The first-order chi connectivity index (χ1) is 20.2. The molecule has 0 atom stereocenters. The molecule has 0 spiro atoms. The number of aromatic nitrogens is 4. The van der Waals surface area contributed by atoms with E-state index in [0.29, 0.717) is 29.1 Å². The Morgan fingerprint density at radius 1 is 0.837 bits per heavy atom. The summed E-state index contributed by atoms with van der Waals surface area (Å²) in [5, 5.41) is 9.44. The summed E-state index contributed by atoms with van der Waals surface area (Å²) in [7, 11) is 1.83. The van der Waals surface area contributed by atoms with Gasteiger partial charge in [0.1, 0.15) is 11.6 Å². The molecule has 7 nitrogen and oxygen atoms in total. The Bertz CT molecular complexity index is 1590. The van der Waals surface area contributed by atoms with Crippen molar-refractivity contribution in [1.82, 2.24) is 19.9 Å². The monoisotopic (exact) mass is 606 g/mol. The van der Waals surface area contributed by atoms with Crippen molar-refractivity contribution in [3.63, 3.8) is 0 Å². The van der Waals surface area contributed by atoms with Crippen molar-refractivity contribution in [2.24, 2.45) is 18.9 Å². The van der Waals surface area contributed by atoms with Gasteiger partial charge in [0.25, 0.3) is 0 Å². The first kappa shape index (κ1) is 29.3. The molecule has 13 heteroatoms. The Morgan fingerprint density at radius 2 is 1.44 bits per heavy atom. The number of hydrogen-bond acceptors (Lipinski definition) is 6. The number of nitrogens with zero attached hydrogens (tertiary/aromatic N) is 6. The molecule has 0 radical (unpaired) electrons. The van der Waals surface area contributed by atoms with Gasteiger partial charge in [-0.3, -0.25) is 4.68 Å². The van der Waals surface area contributed by atoms with Gasteiger partial charge in [-0.05, 0) is 81.2 Å². The summed E-state index contributed by atoms with van der Waals surface area (Å²) in [4.78, 5) is 9.00. The fraction of sp³-hybridized carbons (Fsp3) is 0.500. The molecule has 230 valence electrons. The van der Waals surface area contributed by atoms with Crippen LogP contribution in [0.4, 0.5) is 38.0 Å². The highest BCUT2D eigenvalue weighted by molar-refractivity contribution is 5.82. The van der Waals surface area contributed by atoms with Gasteiger partial charge in [0.2, 0.25) is 0 Å². The van der Waals surface area contributed by atoms with Gasteiger partial charge in [-0.15, -0.1) is 0 Å². The molecule has 1 aromatic carbocycles. The van der Waals surface area contributed by atoms with Gasteiger partial charge >= 0.3 is 12.4 Å². The fourth-order valence-corrected chi connectivity index (χ4v) is 5.49. The number of halogens is 6. The molecule has 3 aromatic heterocycles. The van der Waals surface area contributed by atoms with Crippen LogP contribution >= 0.6 is 0 Å². The summed E-state index contributed by atoms with van der Waals surface area (Å²) in [6, 6.07) is 5.26. The summed E-state index contributed by atoms with van der Waals surface area (Å²) in [6.07, 6.45) is -5.32. The third kappa shape index (κ3) is 6.59. The molecule has 6 rings (SSSR count). The molecular formula is C30H32F6N6O. The molecule has 4 aromatic rings. The maximum Gasteiger partial charge on any atom is 0.416 e. The molecule has 0 bridgehead atoms. The number of fused-ring (bicyclic) bond motifs is 1. The Morgan fingerprint density at radius 3 is 1.95 bits per heavy atom. The first-order valence-corrected chi connectivity index (χ1v) is 14.3. The third-order valence-corrected chi connectivity index (χ3v) is 8.03. The van der Waals surface area contributed by atoms with E-state index in [4.69, 9.17) is 9.51 Å². The second-order valence-corrected chi connectivity index (χ2v) is 11.9. The van der Waals surface area contributed by atoms with Gasteiger partial charge in [-0.2, -0.15) is 31.4 Å². The lowest BCUT2D eigenvalue weighted by Gasteiger charge is -2.29. The minimum Gasteiger partial charge on any atom is -0.360 e. The van der Waals surface area contributed by atoms with Crippen LogP contribution < -0.4 is 9.80 Å². The molecule has 0 amide bonds. The molecule has 2 saturated carbocycles. The van der Waals surface area contributed by atoms with E-state index >= 15 is 0 Å². The van der Waals surface area contributed by atoms with Crippen LogP contribution in [0.15, 0.2) is 34.9 Å². The Hall–Kier alpha value is -3.77. The van der Waals surface area contributed by atoms with E-state index in [-0.39, 0.29) is 24.7 Å². The summed E-state index contributed by atoms with van der Waals surface area (Å²) in [5.41, 5.74) is -0.598. The van der Waals surface area contributed by atoms with Crippen molar-refractivity contribution >= 4 is 22.7 Å². The van der Waals surface area contributed by atoms with Crippen LogP contribution in [0, 0.1) is 25.7 Å². The highest BCUT2D eigenvalue weighted by Gasteiger charge is 2.37. The quantitative estimate of drug-likeness (QED) is 0.175. The minimum atomic E-state index is -4.95. The SMILES string of the molecule is Cc1cc(N(Cc2cc(C(F)(F)F)cc(C(F)(F)F)c2)Cc2cc3c(C)nn(C)c3nc2N(CC2CC2)CC2CC2)no1. The van der Waals surface area contributed by atoms with Crippen molar-refractivity contribution in [3.8, 4) is 0 Å². The van der Waals surface area contributed by atoms with Crippen LogP contribution in [-0.2, 0) is 32.5 Å². The normalized spacial score (nSPS) is 15.8. The molecule has 0 saturated heterocycles. The lowest BCUT2D eigenvalue weighted by Crippen LogP contribution is -2.31. The minimum absolute atomic E-state index is 0.127. The molecule has 2 aliphatic carbocycles. The van der Waals surface area contributed by atoms with E-state index in [2.05, 4.69) is 15.2 Å². The maximum absolute atomic E-state index is 13.7. The summed E-state index contributed by atoms with van der Waals surface area (Å²) < 4.78 is 89.0. The molecule has 2 aliphatic rings. The lowest BCUT2D eigenvalue weighted by atomic mass is 10.0. The maximum atomic E-state index is 13.7. The van der Waals surface area contributed by atoms with E-state index in [1.165, 1.54) is 0 Å². The van der Waals surface area contributed by atoms with E-state index in [1.54, 1.807) is 22.6 Å². The zero-order chi connectivity index (χ0) is 30.7. The second kappa shape index (κ2) is 10.7. The van der Waals surface area contributed by atoms with Crippen molar-refractivity contribution in [2.45, 2.75) is 65.0 Å². The average Bonchev–Trinajstić information content (AvgIpc) is 3.85. The van der Waals surface area contributed by atoms with Gasteiger partial charge in [0.05, 0.1) is 16.8 Å².